The number of aliphatic hydroxyl groups is 1. The van der Waals surface area contributed by atoms with E-state index in [2.05, 4.69) is 10.0 Å². The van der Waals surface area contributed by atoms with Gasteiger partial charge in [0, 0.05) is 24.7 Å². The Kier molecular flexibility index (Phi) is 9.77. The predicted molar refractivity (Wildman–Crippen MR) is 139 cm³/mol. The summed E-state index contributed by atoms with van der Waals surface area (Å²) in [6, 6.07) is 18.2. The van der Waals surface area contributed by atoms with Gasteiger partial charge in [0.25, 0.3) is 0 Å². The Morgan fingerprint density at radius 2 is 1.66 bits per heavy atom. The molecule has 0 aliphatic rings. The van der Waals surface area contributed by atoms with E-state index in [0.717, 1.165) is 17.4 Å². The molecule has 0 heterocycles. The SMILES string of the molecule is CS(=O)(=O)Nc1ccc(OC[C@@H](O)CNCC(Cc2ccc(F)cc2)c2ccc(Cl)c(Cl)c2)cc1. The topological polar surface area (TPSA) is 87.7 Å². The van der Waals surface area contributed by atoms with Crippen LogP contribution in [0.4, 0.5) is 10.1 Å². The molecule has 0 radical (unpaired) electrons. The molecule has 35 heavy (non-hydrogen) atoms. The van der Waals surface area contributed by atoms with Crippen LogP contribution in [0.2, 0.25) is 10.0 Å². The van der Waals surface area contributed by atoms with Gasteiger partial charge in [0.05, 0.1) is 16.3 Å². The molecule has 0 spiro atoms. The molecular weight excluding hydrogens is 514 g/mol. The molecule has 0 fully saturated rings. The number of anilines is 1. The number of halogens is 3. The zero-order valence-corrected chi connectivity index (χ0v) is 21.4. The molecule has 0 amide bonds. The molecule has 3 rings (SSSR count). The summed E-state index contributed by atoms with van der Waals surface area (Å²) in [6.45, 7) is 0.883. The maximum absolute atomic E-state index is 13.3. The van der Waals surface area contributed by atoms with Gasteiger partial charge in [-0.1, -0.05) is 41.4 Å². The summed E-state index contributed by atoms with van der Waals surface area (Å²) in [5, 5.41) is 14.5. The first-order valence-corrected chi connectivity index (χ1v) is 13.5. The van der Waals surface area contributed by atoms with Gasteiger partial charge in [0.1, 0.15) is 24.3 Å². The van der Waals surface area contributed by atoms with Gasteiger partial charge in [-0.05, 0) is 66.1 Å². The van der Waals surface area contributed by atoms with E-state index < -0.39 is 16.1 Å². The number of aliphatic hydroxyl groups excluding tert-OH is 1. The van der Waals surface area contributed by atoms with Gasteiger partial charge in [0.15, 0.2) is 0 Å². The van der Waals surface area contributed by atoms with Crippen LogP contribution in [0.5, 0.6) is 5.75 Å². The smallest absolute Gasteiger partial charge is 0.229 e. The van der Waals surface area contributed by atoms with Gasteiger partial charge in [-0.25, -0.2) is 12.8 Å². The minimum Gasteiger partial charge on any atom is -0.491 e. The fourth-order valence-electron chi connectivity index (χ4n) is 3.49. The molecule has 3 aromatic rings. The van der Waals surface area contributed by atoms with Gasteiger partial charge < -0.3 is 15.2 Å². The number of hydrogen-bond acceptors (Lipinski definition) is 5. The van der Waals surface area contributed by atoms with Crippen molar-refractivity contribution in [3.8, 4) is 5.75 Å². The summed E-state index contributed by atoms with van der Waals surface area (Å²) < 4.78 is 43.8. The summed E-state index contributed by atoms with van der Waals surface area (Å²) >= 11 is 12.3. The van der Waals surface area contributed by atoms with Crippen LogP contribution < -0.4 is 14.8 Å². The van der Waals surface area contributed by atoms with Crippen molar-refractivity contribution in [2.45, 2.75) is 18.4 Å². The summed E-state index contributed by atoms with van der Waals surface area (Å²) in [4.78, 5) is 0. The first kappa shape index (κ1) is 27.2. The Bertz CT molecular complexity index is 1210. The van der Waals surface area contributed by atoms with E-state index in [1.807, 2.05) is 12.1 Å². The van der Waals surface area contributed by atoms with Crippen molar-refractivity contribution in [1.29, 1.82) is 0 Å². The molecule has 0 bridgehead atoms. The van der Waals surface area contributed by atoms with Crippen LogP contribution in [0.3, 0.4) is 0 Å². The average molecular weight is 541 g/mol. The molecule has 0 saturated carbocycles. The number of nitrogens with one attached hydrogen (secondary N) is 2. The Morgan fingerprint density at radius 1 is 0.971 bits per heavy atom. The lowest BCUT2D eigenvalue weighted by Crippen LogP contribution is -2.34. The lowest BCUT2D eigenvalue weighted by Gasteiger charge is -2.20. The minimum atomic E-state index is -3.35. The van der Waals surface area contributed by atoms with Crippen molar-refractivity contribution >= 4 is 38.9 Å². The summed E-state index contributed by atoms with van der Waals surface area (Å²) in [6.07, 6.45) is 0.946. The van der Waals surface area contributed by atoms with Gasteiger partial charge in [-0.15, -0.1) is 0 Å². The molecule has 0 aliphatic heterocycles. The third-order valence-corrected chi connectivity index (χ3v) is 6.53. The van der Waals surface area contributed by atoms with Crippen LogP contribution in [0.15, 0.2) is 66.7 Å². The quantitative estimate of drug-likeness (QED) is 0.305. The van der Waals surface area contributed by atoms with E-state index in [0.29, 0.717) is 34.4 Å². The summed E-state index contributed by atoms with van der Waals surface area (Å²) in [5.41, 5.74) is 2.38. The summed E-state index contributed by atoms with van der Waals surface area (Å²) in [7, 11) is -3.35. The maximum Gasteiger partial charge on any atom is 0.229 e. The molecule has 2 atom stereocenters. The van der Waals surface area contributed by atoms with Crippen molar-refractivity contribution < 1.29 is 22.7 Å². The van der Waals surface area contributed by atoms with E-state index in [4.69, 9.17) is 27.9 Å². The maximum atomic E-state index is 13.3. The Balaban J connectivity index is 1.53. The van der Waals surface area contributed by atoms with E-state index in [9.17, 15) is 17.9 Å². The highest BCUT2D eigenvalue weighted by atomic mass is 35.5. The van der Waals surface area contributed by atoms with Crippen LogP contribution >= 0.6 is 23.2 Å². The normalized spacial score (nSPS) is 13.3. The van der Waals surface area contributed by atoms with Crippen molar-refractivity contribution in [2.75, 3.05) is 30.7 Å². The third-order valence-electron chi connectivity index (χ3n) is 5.18. The molecule has 3 aromatic carbocycles. The molecule has 188 valence electrons. The zero-order valence-electron chi connectivity index (χ0n) is 19.0. The summed E-state index contributed by atoms with van der Waals surface area (Å²) in [5.74, 6) is 0.230. The van der Waals surface area contributed by atoms with Gasteiger partial charge in [0.2, 0.25) is 10.0 Å². The number of benzene rings is 3. The largest absolute Gasteiger partial charge is 0.491 e. The second-order valence-corrected chi connectivity index (χ2v) is 10.8. The van der Waals surface area contributed by atoms with Crippen LogP contribution in [-0.4, -0.2) is 45.6 Å². The van der Waals surface area contributed by atoms with Crippen LogP contribution in [-0.2, 0) is 16.4 Å². The number of ether oxygens (including phenoxy) is 1. The van der Waals surface area contributed by atoms with E-state index in [1.165, 1.54) is 12.1 Å². The molecule has 0 saturated heterocycles. The van der Waals surface area contributed by atoms with Gasteiger partial charge >= 0.3 is 0 Å². The van der Waals surface area contributed by atoms with Crippen molar-refractivity contribution in [2.24, 2.45) is 0 Å². The van der Waals surface area contributed by atoms with Crippen molar-refractivity contribution in [1.82, 2.24) is 5.32 Å². The Labute approximate surface area is 215 Å². The van der Waals surface area contributed by atoms with E-state index in [1.54, 1.807) is 42.5 Å². The second kappa shape index (κ2) is 12.6. The molecule has 0 aromatic heterocycles. The molecule has 10 heteroatoms. The molecule has 1 unspecified atom stereocenters. The standard InChI is InChI=1S/C25H27Cl2FN2O4S/c1-35(32,33)30-21-7-9-23(10-8-21)34-16-22(31)15-29-14-19(12-17-2-5-20(28)6-3-17)18-4-11-24(26)25(27)13-18/h2-11,13,19,22,29-31H,12,14-16H2,1H3/t19?,22-/m0/s1. The fourth-order valence-corrected chi connectivity index (χ4v) is 4.36. The Hall–Kier alpha value is -2.36. The average Bonchev–Trinajstić information content (AvgIpc) is 2.80. The molecule has 6 nitrogen and oxygen atoms in total. The van der Waals surface area contributed by atoms with Crippen LogP contribution in [0.25, 0.3) is 0 Å². The number of rotatable bonds is 12. The van der Waals surface area contributed by atoms with E-state index >= 15 is 0 Å². The van der Waals surface area contributed by atoms with E-state index in [-0.39, 0.29) is 24.9 Å². The number of sulfonamides is 1. The third kappa shape index (κ3) is 9.31. The lowest BCUT2D eigenvalue weighted by atomic mass is 9.92. The highest BCUT2D eigenvalue weighted by Crippen LogP contribution is 2.28. The first-order chi connectivity index (χ1) is 16.6. The molecule has 3 N–H and O–H groups in total. The monoisotopic (exact) mass is 540 g/mol. The molecule has 0 aliphatic carbocycles. The highest BCUT2D eigenvalue weighted by molar-refractivity contribution is 7.92. The predicted octanol–water partition coefficient (Wildman–Crippen LogP) is 4.86. The fraction of sp³-hybridized carbons (Fsp3) is 0.280. The van der Waals surface area contributed by atoms with Crippen molar-refractivity contribution in [3.63, 3.8) is 0 Å². The number of hydrogen-bond donors (Lipinski definition) is 3. The highest BCUT2D eigenvalue weighted by Gasteiger charge is 2.15. The van der Waals surface area contributed by atoms with Crippen LogP contribution in [0.1, 0.15) is 17.0 Å². The first-order valence-electron chi connectivity index (χ1n) is 10.9. The second-order valence-electron chi connectivity index (χ2n) is 8.22. The zero-order chi connectivity index (χ0) is 25.4. The van der Waals surface area contributed by atoms with Crippen molar-refractivity contribution in [3.05, 3.63) is 93.7 Å². The Morgan fingerprint density at radius 3 is 2.29 bits per heavy atom. The minimum absolute atomic E-state index is 0.0123. The van der Waals surface area contributed by atoms with Gasteiger partial charge in [-0.3, -0.25) is 4.72 Å². The molecular formula is C25H27Cl2FN2O4S. The van der Waals surface area contributed by atoms with Gasteiger partial charge in [-0.2, -0.15) is 0 Å². The lowest BCUT2D eigenvalue weighted by molar-refractivity contribution is 0.106. The van der Waals surface area contributed by atoms with Crippen LogP contribution in [0, 0.1) is 5.82 Å².